The van der Waals surface area contributed by atoms with Crippen molar-refractivity contribution in [2.24, 2.45) is 0 Å². The zero-order valence-corrected chi connectivity index (χ0v) is 14.8. The minimum Gasteiger partial charge on any atom is -0.306 e. The van der Waals surface area contributed by atoms with Gasteiger partial charge in [0.25, 0.3) is 5.91 Å². The fourth-order valence-corrected chi connectivity index (χ4v) is 4.29. The second-order valence-electron chi connectivity index (χ2n) is 6.16. The molecule has 1 aliphatic rings. The number of carbonyl (C=O) groups excluding carboxylic acids is 1. The smallest absolute Gasteiger partial charge is 0.257 e. The number of nitrogens with one attached hydrogen (secondary N) is 1. The van der Waals surface area contributed by atoms with Crippen molar-refractivity contribution in [3.05, 3.63) is 76.7 Å². The average Bonchev–Trinajstić information content (AvgIpc) is 3.13. The molecule has 26 heavy (non-hydrogen) atoms. The number of fused-ring (bicyclic) bond motifs is 1. The molecule has 4 rings (SSSR count). The number of hydrogen-bond donors (Lipinski definition) is 1. The van der Waals surface area contributed by atoms with Crippen LogP contribution in [-0.2, 0) is 22.3 Å². The number of carbonyl (C=O) groups is 1. The van der Waals surface area contributed by atoms with E-state index in [2.05, 4.69) is 10.4 Å². The largest absolute Gasteiger partial charge is 0.306 e. The second kappa shape index (κ2) is 6.49. The van der Waals surface area contributed by atoms with Crippen LogP contribution in [0.25, 0.3) is 5.69 Å². The summed E-state index contributed by atoms with van der Waals surface area (Å²) >= 11 is 0. The Balaban J connectivity index is 1.77. The van der Waals surface area contributed by atoms with Crippen molar-refractivity contribution in [3.63, 3.8) is 0 Å². The van der Waals surface area contributed by atoms with Gasteiger partial charge in [-0.1, -0.05) is 18.2 Å². The lowest BCUT2D eigenvalue weighted by Gasteiger charge is -2.12. The van der Waals surface area contributed by atoms with Crippen molar-refractivity contribution in [3.8, 4) is 5.69 Å². The summed E-state index contributed by atoms with van der Waals surface area (Å²) < 4.78 is 26.7. The van der Waals surface area contributed by atoms with Gasteiger partial charge in [-0.05, 0) is 42.8 Å². The summed E-state index contributed by atoms with van der Waals surface area (Å²) in [4.78, 5) is 12.8. The van der Waals surface area contributed by atoms with Crippen LogP contribution in [0.3, 0.4) is 0 Å². The Labute approximate surface area is 152 Å². The predicted octanol–water partition coefficient (Wildman–Crippen LogP) is 3.33. The molecule has 7 heteroatoms. The molecule has 0 radical (unpaired) electrons. The third-order valence-corrected chi connectivity index (χ3v) is 5.57. The molecule has 0 bridgehead atoms. The fourth-order valence-electron chi connectivity index (χ4n) is 3.03. The fraction of sp³-hybridized carbons (Fsp3) is 0.158. The summed E-state index contributed by atoms with van der Waals surface area (Å²) in [6.45, 7) is 1.87. The monoisotopic (exact) mass is 369 g/mol. The Morgan fingerprint density at radius 1 is 1.15 bits per heavy atom. The van der Waals surface area contributed by atoms with Gasteiger partial charge in [-0.2, -0.15) is 5.10 Å². The van der Waals surface area contributed by atoms with Gasteiger partial charge < -0.3 is 5.32 Å². The van der Waals surface area contributed by atoms with Gasteiger partial charge in [0.1, 0.15) is 11.6 Å². The van der Waals surface area contributed by atoms with Gasteiger partial charge in [-0.3, -0.25) is 9.00 Å². The van der Waals surface area contributed by atoms with E-state index in [1.165, 1.54) is 12.1 Å². The van der Waals surface area contributed by atoms with E-state index in [4.69, 9.17) is 0 Å². The van der Waals surface area contributed by atoms with Crippen molar-refractivity contribution in [2.75, 3.05) is 5.32 Å². The van der Waals surface area contributed by atoms with Crippen molar-refractivity contribution >= 4 is 22.5 Å². The molecule has 0 saturated heterocycles. The molecule has 2 aromatic carbocycles. The van der Waals surface area contributed by atoms with Gasteiger partial charge in [-0.25, -0.2) is 9.07 Å². The Morgan fingerprint density at radius 2 is 1.88 bits per heavy atom. The van der Waals surface area contributed by atoms with Crippen LogP contribution in [0.2, 0.25) is 0 Å². The van der Waals surface area contributed by atoms with E-state index in [0.717, 1.165) is 11.1 Å². The van der Waals surface area contributed by atoms with E-state index < -0.39 is 10.8 Å². The van der Waals surface area contributed by atoms with Crippen LogP contribution in [0, 0.1) is 12.7 Å². The van der Waals surface area contributed by atoms with Crippen LogP contribution >= 0.6 is 0 Å². The number of rotatable bonds is 3. The van der Waals surface area contributed by atoms with E-state index in [9.17, 15) is 13.4 Å². The maximum atomic E-state index is 13.3. The third-order valence-electron chi connectivity index (χ3n) is 4.36. The summed E-state index contributed by atoms with van der Waals surface area (Å²) in [6.07, 6.45) is 0. The number of nitrogens with zero attached hydrogens (tertiary/aromatic N) is 2. The van der Waals surface area contributed by atoms with Crippen LogP contribution in [0.4, 0.5) is 10.2 Å². The van der Waals surface area contributed by atoms with E-state index in [-0.39, 0.29) is 11.7 Å². The van der Waals surface area contributed by atoms with Gasteiger partial charge in [-0.15, -0.1) is 0 Å². The first-order valence-corrected chi connectivity index (χ1v) is 9.60. The predicted molar refractivity (Wildman–Crippen MR) is 98.2 cm³/mol. The highest BCUT2D eigenvalue weighted by atomic mass is 32.2. The lowest BCUT2D eigenvalue weighted by atomic mass is 10.1. The first kappa shape index (κ1) is 16.7. The van der Waals surface area contributed by atoms with Gasteiger partial charge in [0.15, 0.2) is 0 Å². The highest BCUT2D eigenvalue weighted by molar-refractivity contribution is 7.83. The molecule has 0 spiro atoms. The average molecular weight is 369 g/mol. The van der Waals surface area contributed by atoms with Gasteiger partial charge in [0, 0.05) is 21.9 Å². The molecule has 1 amide bonds. The molecule has 0 saturated carbocycles. The summed E-state index contributed by atoms with van der Waals surface area (Å²) in [7, 11) is -1.02. The van der Waals surface area contributed by atoms with Gasteiger partial charge >= 0.3 is 0 Å². The number of benzene rings is 2. The maximum Gasteiger partial charge on any atom is 0.257 e. The van der Waals surface area contributed by atoms with E-state index in [1.54, 1.807) is 28.9 Å². The zero-order valence-electron chi connectivity index (χ0n) is 14.0. The van der Waals surface area contributed by atoms with Crippen LogP contribution in [0.15, 0.2) is 48.5 Å². The Kier molecular flexibility index (Phi) is 4.16. The molecule has 1 aliphatic heterocycles. The first-order valence-electron chi connectivity index (χ1n) is 8.11. The number of anilines is 1. The van der Waals surface area contributed by atoms with Crippen LogP contribution in [0.1, 0.15) is 27.2 Å². The summed E-state index contributed by atoms with van der Waals surface area (Å²) in [5.41, 5.74) is 3.53. The molecule has 2 heterocycles. The lowest BCUT2D eigenvalue weighted by Crippen LogP contribution is -2.17. The van der Waals surface area contributed by atoms with Crippen LogP contribution in [-0.4, -0.2) is 19.9 Å². The highest BCUT2D eigenvalue weighted by Crippen LogP contribution is 2.31. The Bertz CT molecular complexity index is 1030. The molecule has 1 aromatic heterocycles. The van der Waals surface area contributed by atoms with Crippen molar-refractivity contribution in [1.29, 1.82) is 0 Å². The molecule has 0 unspecified atom stereocenters. The third kappa shape index (κ3) is 2.94. The van der Waals surface area contributed by atoms with Crippen molar-refractivity contribution in [2.45, 2.75) is 18.4 Å². The Hall–Kier alpha value is -2.80. The van der Waals surface area contributed by atoms with E-state index in [1.807, 2.05) is 19.1 Å². The Morgan fingerprint density at radius 3 is 2.62 bits per heavy atom. The topological polar surface area (TPSA) is 64.0 Å². The number of hydrogen-bond acceptors (Lipinski definition) is 3. The quantitative estimate of drug-likeness (QED) is 0.770. The zero-order chi connectivity index (χ0) is 18.3. The van der Waals surface area contributed by atoms with Gasteiger partial charge in [0.05, 0.1) is 22.9 Å². The lowest BCUT2D eigenvalue weighted by molar-refractivity contribution is 0.102. The second-order valence-corrected chi connectivity index (χ2v) is 7.62. The molecule has 3 aromatic rings. The molecule has 0 fully saturated rings. The maximum absolute atomic E-state index is 13.3. The van der Waals surface area contributed by atoms with Gasteiger partial charge in [0.2, 0.25) is 0 Å². The minimum atomic E-state index is -1.02. The van der Waals surface area contributed by atoms with Crippen molar-refractivity contribution < 1.29 is 13.4 Å². The number of aromatic nitrogens is 2. The van der Waals surface area contributed by atoms with Crippen molar-refractivity contribution in [1.82, 2.24) is 9.78 Å². The number of aryl methyl sites for hydroxylation is 1. The standard InChI is InChI=1S/C19H16FN3O2S/c1-12-4-2-3-5-15(12)19(24)21-18-16-10-26(25)11-17(16)22-23(18)14-8-6-13(20)7-9-14/h2-9H,10-11H2,1H3,(H,21,24)/t26-/m0/s1. The molecule has 1 N–H and O–H groups in total. The summed E-state index contributed by atoms with van der Waals surface area (Å²) in [5.74, 6) is 0.592. The van der Waals surface area contributed by atoms with E-state index in [0.29, 0.717) is 34.3 Å². The molecule has 1 atom stereocenters. The first-order chi connectivity index (χ1) is 12.5. The molecule has 5 nitrogen and oxygen atoms in total. The van der Waals surface area contributed by atoms with Crippen LogP contribution in [0.5, 0.6) is 0 Å². The number of halogens is 1. The SMILES string of the molecule is Cc1ccccc1C(=O)Nc1c2c(nn1-c1ccc(F)cc1)C[S@@](=O)C2. The minimum absolute atomic E-state index is 0.258. The molecule has 132 valence electrons. The summed E-state index contributed by atoms with van der Waals surface area (Å²) in [6, 6.07) is 13.2. The molecule has 0 aliphatic carbocycles. The molecular weight excluding hydrogens is 353 g/mol. The number of amides is 1. The highest BCUT2D eigenvalue weighted by Gasteiger charge is 2.28. The van der Waals surface area contributed by atoms with E-state index >= 15 is 0 Å². The molecular formula is C19H16FN3O2S. The normalized spacial score (nSPS) is 15.7. The van der Waals surface area contributed by atoms with Crippen LogP contribution < -0.4 is 5.32 Å². The summed E-state index contributed by atoms with van der Waals surface area (Å²) in [5, 5.41) is 7.41.